The normalized spacial score (nSPS) is 12.5. The molecule has 0 saturated carbocycles. The van der Waals surface area contributed by atoms with Crippen molar-refractivity contribution < 1.29 is 9.84 Å². The number of ether oxygens (including phenoxy) is 1. The van der Waals surface area contributed by atoms with Gasteiger partial charge in [0.15, 0.2) is 0 Å². The molecule has 1 rings (SSSR count). The van der Waals surface area contributed by atoms with Crippen molar-refractivity contribution >= 4 is 11.8 Å². The summed E-state index contributed by atoms with van der Waals surface area (Å²) in [7, 11) is 0. The lowest BCUT2D eigenvalue weighted by molar-refractivity contribution is 0.300. The van der Waals surface area contributed by atoms with E-state index in [9.17, 15) is 0 Å². The molecule has 1 aromatic carbocycles. The Bertz CT molecular complexity index is 289. The zero-order valence-electron chi connectivity index (χ0n) is 9.27. The second-order valence-electron chi connectivity index (χ2n) is 3.34. The van der Waals surface area contributed by atoms with E-state index in [0.29, 0.717) is 6.61 Å². The van der Waals surface area contributed by atoms with Crippen LogP contribution in [0.15, 0.2) is 24.3 Å². The van der Waals surface area contributed by atoms with Crippen LogP contribution in [0.5, 0.6) is 5.75 Å². The Morgan fingerprint density at radius 1 is 1.40 bits per heavy atom. The fraction of sp³-hybridized carbons (Fsp3) is 0.500. The molecule has 0 saturated heterocycles. The number of rotatable bonds is 6. The van der Waals surface area contributed by atoms with Gasteiger partial charge in [0.25, 0.3) is 0 Å². The Kier molecular flexibility index (Phi) is 5.58. The number of hydrogen-bond donors (Lipinski definition) is 1. The third kappa shape index (κ3) is 4.14. The van der Waals surface area contributed by atoms with Crippen molar-refractivity contribution in [1.82, 2.24) is 0 Å². The molecule has 0 spiro atoms. The highest BCUT2D eigenvalue weighted by Gasteiger charge is 2.05. The molecule has 0 bridgehead atoms. The number of aliphatic hydroxyl groups is 1. The molecule has 1 unspecified atom stereocenters. The van der Waals surface area contributed by atoms with Crippen LogP contribution in [0.1, 0.15) is 19.4 Å². The maximum Gasteiger partial charge on any atom is 0.123 e. The van der Waals surface area contributed by atoms with E-state index in [0.717, 1.165) is 11.5 Å². The Hall–Kier alpha value is -0.670. The van der Waals surface area contributed by atoms with Crippen molar-refractivity contribution in [2.45, 2.75) is 24.9 Å². The second-order valence-corrected chi connectivity index (χ2v) is 4.77. The lowest BCUT2D eigenvalue weighted by Gasteiger charge is -2.11. The largest absolute Gasteiger partial charge is 0.494 e. The van der Waals surface area contributed by atoms with Crippen molar-refractivity contribution in [2.75, 3.05) is 13.2 Å². The van der Waals surface area contributed by atoms with Crippen LogP contribution < -0.4 is 4.74 Å². The van der Waals surface area contributed by atoms with Crippen molar-refractivity contribution in [3.8, 4) is 5.75 Å². The van der Waals surface area contributed by atoms with Crippen LogP contribution in [0.2, 0.25) is 0 Å². The maximum absolute atomic E-state index is 8.93. The van der Waals surface area contributed by atoms with E-state index < -0.39 is 0 Å². The zero-order chi connectivity index (χ0) is 11.1. The fourth-order valence-corrected chi connectivity index (χ4v) is 2.01. The van der Waals surface area contributed by atoms with Crippen LogP contribution in [0.3, 0.4) is 0 Å². The van der Waals surface area contributed by atoms with Gasteiger partial charge in [-0.05, 0) is 13.0 Å². The molecule has 0 radical (unpaired) electrons. The third-order valence-electron chi connectivity index (χ3n) is 2.05. The first-order valence-electron chi connectivity index (χ1n) is 5.21. The van der Waals surface area contributed by atoms with E-state index in [1.807, 2.05) is 32.0 Å². The number of hydrogen-bond acceptors (Lipinski definition) is 3. The van der Waals surface area contributed by atoms with E-state index in [-0.39, 0.29) is 11.9 Å². The highest BCUT2D eigenvalue weighted by molar-refractivity contribution is 7.99. The monoisotopic (exact) mass is 226 g/mol. The van der Waals surface area contributed by atoms with Crippen LogP contribution in [0.4, 0.5) is 0 Å². The van der Waals surface area contributed by atoms with Gasteiger partial charge in [0.1, 0.15) is 5.75 Å². The molecule has 0 heterocycles. The molecular weight excluding hydrogens is 208 g/mol. The molecule has 15 heavy (non-hydrogen) atoms. The second kappa shape index (κ2) is 6.75. The predicted octanol–water partition coefficient (Wildman–Crippen LogP) is 2.70. The molecular formula is C12H18O2S. The van der Waals surface area contributed by atoms with E-state index in [1.54, 1.807) is 11.8 Å². The smallest absolute Gasteiger partial charge is 0.123 e. The molecule has 0 fully saturated rings. The lowest BCUT2D eigenvalue weighted by Crippen LogP contribution is -2.03. The minimum absolute atomic E-state index is 0.224. The molecule has 0 aromatic heterocycles. The maximum atomic E-state index is 8.93. The summed E-state index contributed by atoms with van der Waals surface area (Å²) < 4.78 is 5.53. The molecule has 0 aliphatic heterocycles. The van der Waals surface area contributed by atoms with E-state index in [1.165, 1.54) is 5.56 Å². The van der Waals surface area contributed by atoms with Gasteiger partial charge >= 0.3 is 0 Å². The molecule has 0 amide bonds. The summed E-state index contributed by atoms with van der Waals surface area (Å²) in [4.78, 5) is 0. The van der Waals surface area contributed by atoms with Crippen LogP contribution >= 0.6 is 11.8 Å². The van der Waals surface area contributed by atoms with E-state index in [2.05, 4.69) is 6.07 Å². The van der Waals surface area contributed by atoms with Gasteiger partial charge in [-0.2, -0.15) is 11.8 Å². The molecule has 2 nitrogen and oxygen atoms in total. The first-order valence-corrected chi connectivity index (χ1v) is 6.26. The molecule has 84 valence electrons. The molecule has 1 N–H and O–H groups in total. The first-order chi connectivity index (χ1) is 7.27. The van der Waals surface area contributed by atoms with E-state index in [4.69, 9.17) is 9.84 Å². The van der Waals surface area contributed by atoms with E-state index >= 15 is 0 Å². The predicted molar refractivity (Wildman–Crippen MR) is 65.5 cm³/mol. The quantitative estimate of drug-likeness (QED) is 0.808. The molecule has 0 aliphatic rings. The van der Waals surface area contributed by atoms with Crippen LogP contribution in [0.25, 0.3) is 0 Å². The highest BCUT2D eigenvalue weighted by Crippen LogP contribution is 2.25. The van der Waals surface area contributed by atoms with Gasteiger partial charge in [-0.15, -0.1) is 0 Å². The average molecular weight is 226 g/mol. The fourth-order valence-electron chi connectivity index (χ4n) is 1.20. The van der Waals surface area contributed by atoms with Crippen molar-refractivity contribution in [3.05, 3.63) is 29.8 Å². The van der Waals surface area contributed by atoms with Crippen LogP contribution in [-0.4, -0.2) is 23.6 Å². The summed E-state index contributed by atoms with van der Waals surface area (Å²) in [5.41, 5.74) is 1.20. The summed E-state index contributed by atoms with van der Waals surface area (Å²) >= 11 is 1.74. The summed E-state index contributed by atoms with van der Waals surface area (Å²) in [6.07, 6.45) is 0. The van der Waals surface area contributed by atoms with Crippen molar-refractivity contribution in [3.63, 3.8) is 0 Å². The zero-order valence-corrected chi connectivity index (χ0v) is 10.1. The standard InChI is InChI=1S/C12H18O2S/c1-3-14-12-7-5-4-6-11(12)9-15-10(2)8-13/h4-7,10,13H,3,8-9H2,1-2H3. The molecule has 1 aromatic rings. The number of para-hydroxylation sites is 1. The van der Waals surface area contributed by atoms with Crippen molar-refractivity contribution in [2.24, 2.45) is 0 Å². The number of aliphatic hydroxyl groups excluding tert-OH is 1. The van der Waals surface area contributed by atoms with Gasteiger partial charge in [-0.3, -0.25) is 0 Å². The van der Waals surface area contributed by atoms with Crippen molar-refractivity contribution in [1.29, 1.82) is 0 Å². The summed E-state index contributed by atoms with van der Waals surface area (Å²) in [6.45, 7) is 4.92. The van der Waals surface area contributed by atoms with Crippen LogP contribution in [-0.2, 0) is 5.75 Å². The minimum Gasteiger partial charge on any atom is -0.494 e. The molecule has 3 heteroatoms. The Morgan fingerprint density at radius 2 is 2.13 bits per heavy atom. The van der Waals surface area contributed by atoms with Gasteiger partial charge in [0, 0.05) is 16.6 Å². The summed E-state index contributed by atoms with van der Waals surface area (Å²) in [6, 6.07) is 8.06. The lowest BCUT2D eigenvalue weighted by atomic mass is 10.2. The third-order valence-corrected chi connectivity index (χ3v) is 3.25. The Balaban J connectivity index is 2.58. The molecule has 0 aliphatic carbocycles. The highest BCUT2D eigenvalue weighted by atomic mass is 32.2. The summed E-state index contributed by atoms with van der Waals surface area (Å²) in [5, 5.41) is 9.21. The molecule has 1 atom stereocenters. The number of thioether (sulfide) groups is 1. The van der Waals surface area contributed by atoms with Gasteiger partial charge in [0.05, 0.1) is 13.2 Å². The first kappa shape index (κ1) is 12.4. The SMILES string of the molecule is CCOc1ccccc1CSC(C)CO. The Labute approximate surface area is 95.7 Å². The van der Waals surface area contributed by atoms with Gasteiger partial charge < -0.3 is 9.84 Å². The minimum atomic E-state index is 0.224. The summed E-state index contributed by atoms with van der Waals surface area (Å²) in [5.74, 6) is 1.84. The topological polar surface area (TPSA) is 29.5 Å². The van der Waals surface area contributed by atoms with Gasteiger partial charge in [-0.25, -0.2) is 0 Å². The Morgan fingerprint density at radius 3 is 2.80 bits per heavy atom. The van der Waals surface area contributed by atoms with Gasteiger partial charge in [0.2, 0.25) is 0 Å². The average Bonchev–Trinajstić information content (AvgIpc) is 2.28. The number of benzene rings is 1. The van der Waals surface area contributed by atoms with Crippen LogP contribution in [0, 0.1) is 0 Å². The van der Waals surface area contributed by atoms with Gasteiger partial charge in [-0.1, -0.05) is 25.1 Å².